The van der Waals surface area contributed by atoms with Gasteiger partial charge in [-0.1, -0.05) is 54.6 Å². The van der Waals surface area contributed by atoms with Crippen molar-refractivity contribution >= 4 is 14.4 Å². The number of aryl methyl sites for hydroxylation is 1. The van der Waals surface area contributed by atoms with Gasteiger partial charge in [0.1, 0.15) is 42.0 Å². The molecule has 2 N–H and O–H groups in total. The molecule has 0 saturated carbocycles. The van der Waals surface area contributed by atoms with E-state index in [1.165, 1.54) is 17.8 Å². The molecule has 3 aromatic carbocycles. The van der Waals surface area contributed by atoms with Crippen LogP contribution in [0.4, 0.5) is 0 Å². The summed E-state index contributed by atoms with van der Waals surface area (Å²) in [5.74, 6) is 0.883. The number of benzene rings is 3. The number of aromatic nitrogens is 2. The van der Waals surface area contributed by atoms with Crippen molar-refractivity contribution in [1.82, 2.24) is 19.5 Å². The summed E-state index contributed by atoms with van der Waals surface area (Å²) in [7, 11) is 2.77. The first kappa shape index (κ1) is 46.2. The fourth-order valence-electron chi connectivity index (χ4n) is 7.36. The lowest BCUT2D eigenvalue weighted by Gasteiger charge is -2.41. The second-order valence-electron chi connectivity index (χ2n) is 14.9. The number of aromatic amines is 1. The van der Waals surface area contributed by atoms with Crippen molar-refractivity contribution in [3.63, 3.8) is 0 Å². The van der Waals surface area contributed by atoms with Crippen molar-refractivity contribution in [3.05, 3.63) is 128 Å². The summed E-state index contributed by atoms with van der Waals surface area (Å²) in [6, 6.07) is 27.0. The molecule has 15 nitrogen and oxygen atoms in total. The molecule has 16 heteroatoms. The van der Waals surface area contributed by atoms with E-state index in [1.807, 2.05) is 113 Å². The number of ether oxygens (including phenoxy) is 5. The summed E-state index contributed by atoms with van der Waals surface area (Å²) >= 11 is 0. The van der Waals surface area contributed by atoms with Crippen LogP contribution in [-0.2, 0) is 33.7 Å². The van der Waals surface area contributed by atoms with Crippen LogP contribution < -0.4 is 26.0 Å². The Bertz CT molecular complexity index is 2100. The van der Waals surface area contributed by atoms with Crippen LogP contribution >= 0.6 is 8.53 Å². The minimum atomic E-state index is -1.92. The molecule has 5 rings (SSSR count). The summed E-state index contributed by atoms with van der Waals surface area (Å²) in [6.45, 7) is 11.2. The molecule has 4 aromatic rings. The van der Waals surface area contributed by atoms with Gasteiger partial charge in [-0.05, 0) is 82.5 Å². The summed E-state index contributed by atoms with van der Waals surface area (Å²) in [6.07, 6.45) is -3.75. The van der Waals surface area contributed by atoms with E-state index in [1.54, 1.807) is 21.1 Å². The molecular weight excluding hydrogens is 789 g/mol. The SMILES string of the molecule is CNC(=O)CO[C@@H]1[C@H](OP(OCCC#N)N(C(C)C)C(C)C)[C@@H]([C@@H](C)OC(c2ccccc2)(c2ccc(OC)cc2)c2ccc(OC)cc2)O[C@H]1n1cc(C)c(=O)[nH]c1=O. The molecule has 1 aliphatic rings. The number of hydrogen-bond donors (Lipinski definition) is 2. The number of nitrogens with one attached hydrogen (secondary N) is 2. The fraction of sp³-hybridized carbons (Fsp3) is 0.455. The first-order valence-electron chi connectivity index (χ1n) is 19.9. The maximum Gasteiger partial charge on any atom is 0.330 e. The first-order valence-corrected chi connectivity index (χ1v) is 21.0. The average Bonchev–Trinajstić information content (AvgIpc) is 3.60. The standard InChI is InChI=1S/C44H56N5O10P/c1-28(2)49(29(3)4)60(56-25-13-24-45)59-39-38(57-42(40(39)55-27-37(50)46-7)48-26-30(5)41(51)47-43(48)52)31(6)58-44(32-14-11-10-12-15-32,33-16-20-35(53-8)21-17-33)34-18-22-36(54-9)23-19-34/h10-12,14-23,26,28-29,31,38-40,42H,13,25,27H2,1-9H3,(H,46,50)(H,47,51,52)/t31-,38-,39-,40-,42-,60?/m1/s1. The van der Waals surface area contributed by atoms with Crippen LogP contribution in [0.5, 0.6) is 11.5 Å². The zero-order valence-electron chi connectivity index (χ0n) is 35.6. The van der Waals surface area contributed by atoms with E-state index in [0.717, 1.165) is 16.7 Å². The highest BCUT2D eigenvalue weighted by Gasteiger charge is 2.54. The van der Waals surface area contributed by atoms with Crippen LogP contribution in [0.15, 0.2) is 94.6 Å². The predicted molar refractivity (Wildman–Crippen MR) is 227 cm³/mol. The summed E-state index contributed by atoms with van der Waals surface area (Å²) in [4.78, 5) is 41.4. The topological polar surface area (TPSA) is 176 Å². The molecule has 0 spiro atoms. The van der Waals surface area contributed by atoms with E-state index in [9.17, 15) is 19.6 Å². The molecule has 0 bridgehead atoms. The quantitative estimate of drug-likeness (QED) is 0.0609. The van der Waals surface area contributed by atoms with Crippen molar-refractivity contribution < 1.29 is 37.5 Å². The van der Waals surface area contributed by atoms with E-state index in [4.69, 9.17) is 32.7 Å². The van der Waals surface area contributed by atoms with Gasteiger partial charge in [0.15, 0.2) is 6.23 Å². The molecule has 322 valence electrons. The molecule has 60 heavy (non-hydrogen) atoms. The lowest BCUT2D eigenvalue weighted by Crippen LogP contribution is -2.47. The third kappa shape index (κ3) is 10.3. The molecule has 1 fully saturated rings. The minimum absolute atomic E-state index is 0.0611. The van der Waals surface area contributed by atoms with Gasteiger partial charge in [-0.3, -0.25) is 19.1 Å². The van der Waals surface area contributed by atoms with Crippen LogP contribution in [-0.4, -0.2) is 91.1 Å². The average molecular weight is 846 g/mol. The highest BCUT2D eigenvalue weighted by atomic mass is 31.2. The van der Waals surface area contributed by atoms with Crippen molar-refractivity contribution in [2.75, 3.05) is 34.5 Å². The maximum atomic E-state index is 13.6. The Balaban J connectivity index is 1.74. The Morgan fingerprint density at radius 2 is 1.48 bits per heavy atom. The third-order valence-electron chi connectivity index (χ3n) is 10.2. The number of nitrogens with zero attached hydrogens (tertiary/aromatic N) is 3. The number of carbonyl (C=O) groups is 1. The van der Waals surface area contributed by atoms with Gasteiger partial charge < -0.3 is 38.0 Å². The number of rotatable bonds is 20. The Morgan fingerprint density at radius 1 is 0.917 bits per heavy atom. The zero-order valence-corrected chi connectivity index (χ0v) is 36.5. The van der Waals surface area contributed by atoms with E-state index in [0.29, 0.717) is 11.5 Å². The lowest BCUT2D eigenvalue weighted by molar-refractivity contribution is -0.138. The summed E-state index contributed by atoms with van der Waals surface area (Å²) in [5, 5.41) is 12.0. The lowest BCUT2D eigenvalue weighted by atomic mass is 9.79. The van der Waals surface area contributed by atoms with Crippen molar-refractivity contribution in [2.45, 2.75) is 96.3 Å². The molecule has 2 heterocycles. The fourth-order valence-corrected chi connectivity index (χ4v) is 9.11. The van der Waals surface area contributed by atoms with Crippen molar-refractivity contribution in [1.29, 1.82) is 5.26 Å². The minimum Gasteiger partial charge on any atom is -0.497 e. The Labute approximate surface area is 352 Å². The normalized spacial score (nSPS) is 19.0. The van der Waals surface area contributed by atoms with E-state index < -0.39 is 68.5 Å². The second kappa shape index (κ2) is 21.1. The number of carbonyl (C=O) groups excluding carboxylic acids is 1. The van der Waals surface area contributed by atoms with E-state index >= 15 is 0 Å². The first-order chi connectivity index (χ1) is 28.8. The monoisotopic (exact) mass is 845 g/mol. The summed E-state index contributed by atoms with van der Waals surface area (Å²) < 4.78 is 48.6. The molecule has 6 atom stereocenters. The van der Waals surface area contributed by atoms with E-state index in [2.05, 4.69) is 21.0 Å². The van der Waals surface area contributed by atoms with Crippen LogP contribution in [0.2, 0.25) is 0 Å². The van der Waals surface area contributed by atoms with Crippen LogP contribution in [0.3, 0.4) is 0 Å². The third-order valence-corrected chi connectivity index (χ3v) is 12.3. The second-order valence-corrected chi connectivity index (χ2v) is 16.3. The molecule has 1 unspecified atom stereocenters. The van der Waals surface area contributed by atoms with Gasteiger partial charge in [-0.15, -0.1) is 0 Å². The molecule has 0 radical (unpaired) electrons. The number of H-pyrrole nitrogens is 1. The predicted octanol–water partition coefficient (Wildman–Crippen LogP) is 5.95. The molecule has 1 saturated heterocycles. The van der Waals surface area contributed by atoms with E-state index in [-0.39, 0.29) is 30.7 Å². The van der Waals surface area contributed by atoms with Crippen LogP contribution in [0.1, 0.15) is 69.5 Å². The Kier molecular flexibility index (Phi) is 16.2. The van der Waals surface area contributed by atoms with Crippen LogP contribution in [0, 0.1) is 18.3 Å². The van der Waals surface area contributed by atoms with Gasteiger partial charge in [-0.25, -0.2) is 9.46 Å². The Morgan fingerprint density at radius 3 is 2.00 bits per heavy atom. The molecule has 1 amide bonds. The molecular formula is C44H56N5O10P. The van der Waals surface area contributed by atoms with Gasteiger partial charge >= 0.3 is 5.69 Å². The number of likely N-dealkylation sites (N-methyl/N-ethyl adjacent to an activating group) is 1. The van der Waals surface area contributed by atoms with Crippen molar-refractivity contribution in [2.24, 2.45) is 0 Å². The number of methoxy groups -OCH3 is 2. The van der Waals surface area contributed by atoms with Gasteiger partial charge in [0.2, 0.25) is 5.91 Å². The smallest absolute Gasteiger partial charge is 0.330 e. The number of nitriles is 1. The molecule has 1 aromatic heterocycles. The molecule has 0 aliphatic carbocycles. The van der Waals surface area contributed by atoms with Gasteiger partial charge in [0.05, 0.1) is 39.4 Å². The summed E-state index contributed by atoms with van der Waals surface area (Å²) in [5.41, 5.74) is 0.00724. The van der Waals surface area contributed by atoms with Gasteiger partial charge in [0.25, 0.3) is 14.1 Å². The van der Waals surface area contributed by atoms with Gasteiger partial charge in [-0.2, -0.15) is 5.26 Å². The largest absolute Gasteiger partial charge is 0.497 e. The number of hydrogen-bond acceptors (Lipinski definition) is 12. The zero-order chi connectivity index (χ0) is 43.6. The molecule has 1 aliphatic heterocycles. The number of amides is 1. The highest BCUT2D eigenvalue weighted by molar-refractivity contribution is 7.44. The van der Waals surface area contributed by atoms with Gasteiger partial charge in [0, 0.05) is 30.9 Å². The maximum absolute atomic E-state index is 13.6. The highest BCUT2D eigenvalue weighted by Crippen LogP contribution is 2.52. The van der Waals surface area contributed by atoms with Crippen molar-refractivity contribution in [3.8, 4) is 17.6 Å². The van der Waals surface area contributed by atoms with Crippen LogP contribution in [0.25, 0.3) is 0 Å². The Hall–Kier alpha value is -4.91.